The smallest absolute Gasteiger partial charge is 0.170 e. The van der Waals surface area contributed by atoms with Crippen molar-refractivity contribution in [3.8, 4) is 16.9 Å². The molecular weight excluding hydrogens is 332 g/mol. The van der Waals surface area contributed by atoms with Gasteiger partial charge in [0.2, 0.25) is 0 Å². The summed E-state index contributed by atoms with van der Waals surface area (Å²) in [7, 11) is 0. The Hall–Kier alpha value is -2.87. The first kappa shape index (κ1) is 16.3. The molecule has 0 fully saturated rings. The van der Waals surface area contributed by atoms with E-state index in [-0.39, 0.29) is 11.9 Å². The minimum Gasteiger partial charge on any atom is -0.489 e. The summed E-state index contributed by atoms with van der Waals surface area (Å²) >= 11 is 0. The van der Waals surface area contributed by atoms with E-state index < -0.39 is 0 Å². The van der Waals surface area contributed by atoms with Crippen LogP contribution in [0.5, 0.6) is 5.75 Å². The molecule has 2 atom stereocenters. The minimum atomic E-state index is -0.0570. The Morgan fingerprint density at radius 3 is 2.67 bits per heavy atom. The Morgan fingerprint density at radius 1 is 0.926 bits per heavy atom. The summed E-state index contributed by atoms with van der Waals surface area (Å²) in [6.45, 7) is 2.08. The number of benzene rings is 3. The van der Waals surface area contributed by atoms with Gasteiger partial charge >= 0.3 is 0 Å². The number of carbonyl (C=O) groups is 1. The van der Waals surface area contributed by atoms with Gasteiger partial charge in [-0.2, -0.15) is 0 Å². The van der Waals surface area contributed by atoms with E-state index in [2.05, 4.69) is 61.5 Å². The zero-order chi connectivity index (χ0) is 18.4. The van der Waals surface area contributed by atoms with Crippen LogP contribution in [0.25, 0.3) is 11.1 Å². The number of fused-ring (bicyclic) bond motifs is 2. The van der Waals surface area contributed by atoms with Gasteiger partial charge in [-0.3, -0.25) is 4.79 Å². The fraction of sp³-hybridized carbons (Fsp3) is 0.240. The maximum atomic E-state index is 12.9. The normalized spacial score (nSPS) is 20.7. The third-order valence-electron chi connectivity index (χ3n) is 5.92. The van der Waals surface area contributed by atoms with Gasteiger partial charge in [-0.15, -0.1) is 0 Å². The van der Waals surface area contributed by atoms with E-state index in [4.69, 9.17) is 4.74 Å². The maximum absolute atomic E-state index is 12.9. The fourth-order valence-electron chi connectivity index (χ4n) is 4.55. The summed E-state index contributed by atoms with van der Waals surface area (Å²) in [5.41, 5.74) is 6.90. The Bertz CT molecular complexity index is 1030. The van der Waals surface area contributed by atoms with E-state index in [0.29, 0.717) is 12.3 Å². The lowest BCUT2D eigenvalue weighted by Crippen LogP contribution is -2.31. The van der Waals surface area contributed by atoms with Crippen molar-refractivity contribution in [3.05, 3.63) is 89.0 Å². The monoisotopic (exact) mass is 354 g/mol. The first-order chi connectivity index (χ1) is 13.2. The molecule has 0 bridgehead atoms. The van der Waals surface area contributed by atoms with Crippen LogP contribution in [0.2, 0.25) is 0 Å². The average molecular weight is 354 g/mol. The molecule has 1 aliphatic carbocycles. The number of Topliss-reactive ketones (excluding diaryl/α,β-unsaturated/α-hetero) is 1. The lowest BCUT2D eigenvalue weighted by molar-refractivity contribution is 0.0808. The summed E-state index contributed by atoms with van der Waals surface area (Å²) in [4.78, 5) is 12.9. The highest BCUT2D eigenvalue weighted by Gasteiger charge is 2.36. The SMILES string of the molecule is Cc1cccc(-c2ccc3c(c2)C(=O)CC(C2CCc4ccccc42)O3)c1. The van der Waals surface area contributed by atoms with E-state index in [1.54, 1.807) is 0 Å². The van der Waals surface area contributed by atoms with Crippen molar-refractivity contribution < 1.29 is 9.53 Å². The molecule has 2 heteroatoms. The molecule has 27 heavy (non-hydrogen) atoms. The topological polar surface area (TPSA) is 26.3 Å². The second-order valence-electron chi connectivity index (χ2n) is 7.71. The molecule has 2 aliphatic rings. The Kier molecular flexibility index (Phi) is 3.86. The van der Waals surface area contributed by atoms with Gasteiger partial charge in [0.15, 0.2) is 5.78 Å². The second kappa shape index (κ2) is 6.38. The highest BCUT2D eigenvalue weighted by atomic mass is 16.5. The predicted octanol–water partition coefficient (Wildman–Crippen LogP) is 5.73. The van der Waals surface area contributed by atoms with Gasteiger partial charge in [0.05, 0.1) is 5.56 Å². The molecule has 5 rings (SSSR count). The lowest BCUT2D eigenvalue weighted by Gasteiger charge is -2.30. The molecule has 134 valence electrons. The van der Waals surface area contributed by atoms with Crippen LogP contribution < -0.4 is 4.74 Å². The second-order valence-corrected chi connectivity index (χ2v) is 7.71. The average Bonchev–Trinajstić information content (AvgIpc) is 3.12. The van der Waals surface area contributed by atoms with Crippen molar-refractivity contribution in [1.29, 1.82) is 0 Å². The number of aryl methyl sites for hydroxylation is 2. The van der Waals surface area contributed by atoms with E-state index in [1.165, 1.54) is 16.7 Å². The van der Waals surface area contributed by atoms with E-state index in [9.17, 15) is 4.79 Å². The number of rotatable bonds is 2. The maximum Gasteiger partial charge on any atom is 0.170 e. The van der Waals surface area contributed by atoms with E-state index in [1.807, 2.05) is 12.1 Å². The molecule has 1 heterocycles. The van der Waals surface area contributed by atoms with Crippen LogP contribution in [0.1, 0.15) is 45.8 Å². The van der Waals surface area contributed by atoms with Crippen molar-refractivity contribution in [2.75, 3.05) is 0 Å². The Morgan fingerprint density at radius 2 is 1.78 bits per heavy atom. The third-order valence-corrected chi connectivity index (χ3v) is 5.92. The molecule has 0 amide bonds. The summed E-state index contributed by atoms with van der Waals surface area (Å²) < 4.78 is 6.34. The molecule has 0 saturated heterocycles. The molecule has 2 nitrogen and oxygen atoms in total. The minimum absolute atomic E-state index is 0.0570. The quantitative estimate of drug-likeness (QED) is 0.588. The van der Waals surface area contributed by atoms with Crippen LogP contribution in [0.3, 0.4) is 0 Å². The molecule has 0 saturated carbocycles. The standard InChI is InChI=1S/C25H22O2/c1-16-5-4-7-18(13-16)19-10-12-24-22(14-19)23(26)15-25(27-24)21-11-9-17-6-2-3-8-20(17)21/h2-8,10,12-14,21,25H,9,11,15H2,1H3. The number of carbonyl (C=O) groups excluding carboxylic acids is 1. The highest BCUT2D eigenvalue weighted by Crippen LogP contribution is 2.41. The molecule has 0 N–H and O–H groups in total. The number of ether oxygens (including phenoxy) is 1. The van der Waals surface area contributed by atoms with Gasteiger partial charge in [-0.1, -0.05) is 60.2 Å². The first-order valence-corrected chi connectivity index (χ1v) is 9.68. The van der Waals surface area contributed by atoms with E-state index in [0.717, 1.165) is 35.3 Å². The number of hydrogen-bond donors (Lipinski definition) is 0. The lowest BCUT2D eigenvalue weighted by atomic mass is 9.87. The molecule has 0 spiro atoms. The summed E-state index contributed by atoms with van der Waals surface area (Å²) in [5.74, 6) is 1.24. The largest absolute Gasteiger partial charge is 0.489 e. The van der Waals surface area contributed by atoms with Crippen LogP contribution >= 0.6 is 0 Å². The fourth-order valence-corrected chi connectivity index (χ4v) is 4.55. The van der Waals surface area contributed by atoms with Crippen molar-refractivity contribution in [3.63, 3.8) is 0 Å². The van der Waals surface area contributed by atoms with Crippen molar-refractivity contribution in [1.82, 2.24) is 0 Å². The van der Waals surface area contributed by atoms with Crippen LogP contribution in [-0.4, -0.2) is 11.9 Å². The molecule has 0 aromatic heterocycles. The van der Waals surface area contributed by atoms with Crippen LogP contribution in [0.4, 0.5) is 0 Å². The van der Waals surface area contributed by atoms with Gasteiger partial charge in [0, 0.05) is 12.3 Å². The van der Waals surface area contributed by atoms with Crippen molar-refractivity contribution in [2.24, 2.45) is 0 Å². The zero-order valence-electron chi connectivity index (χ0n) is 15.4. The molecule has 3 aromatic carbocycles. The van der Waals surface area contributed by atoms with Crippen molar-refractivity contribution >= 4 is 5.78 Å². The van der Waals surface area contributed by atoms with Gasteiger partial charge in [0.1, 0.15) is 11.9 Å². The molecule has 2 unspecified atom stereocenters. The van der Waals surface area contributed by atoms with Gasteiger partial charge in [-0.05, 0) is 54.2 Å². The number of ketones is 1. The van der Waals surface area contributed by atoms with Gasteiger partial charge < -0.3 is 4.74 Å². The van der Waals surface area contributed by atoms with Gasteiger partial charge in [0.25, 0.3) is 0 Å². The number of hydrogen-bond acceptors (Lipinski definition) is 2. The van der Waals surface area contributed by atoms with Crippen molar-refractivity contribution in [2.45, 2.75) is 38.2 Å². The van der Waals surface area contributed by atoms with Crippen LogP contribution in [-0.2, 0) is 6.42 Å². The summed E-state index contributed by atoms with van der Waals surface area (Å²) in [5, 5.41) is 0. The highest BCUT2D eigenvalue weighted by molar-refractivity contribution is 6.01. The summed E-state index contributed by atoms with van der Waals surface area (Å²) in [6.07, 6.45) is 2.55. The summed E-state index contributed by atoms with van der Waals surface area (Å²) in [6, 6.07) is 23.0. The Labute approximate surface area is 159 Å². The molecule has 3 aromatic rings. The van der Waals surface area contributed by atoms with Crippen LogP contribution in [0, 0.1) is 6.92 Å². The Balaban J connectivity index is 1.46. The molecule has 1 aliphatic heterocycles. The molecular formula is C25H22O2. The third kappa shape index (κ3) is 2.86. The zero-order valence-corrected chi connectivity index (χ0v) is 15.4. The van der Waals surface area contributed by atoms with Gasteiger partial charge in [-0.25, -0.2) is 0 Å². The predicted molar refractivity (Wildman–Crippen MR) is 107 cm³/mol. The van der Waals surface area contributed by atoms with E-state index >= 15 is 0 Å². The van der Waals surface area contributed by atoms with Crippen LogP contribution in [0.15, 0.2) is 66.7 Å². The first-order valence-electron chi connectivity index (χ1n) is 9.68. The molecule has 0 radical (unpaired) electrons.